The lowest BCUT2D eigenvalue weighted by Crippen LogP contribution is -2.26. The summed E-state index contributed by atoms with van der Waals surface area (Å²) in [5, 5.41) is 2.83. The van der Waals surface area contributed by atoms with Crippen LogP contribution in [-0.2, 0) is 0 Å². The summed E-state index contributed by atoms with van der Waals surface area (Å²) >= 11 is 0. The highest BCUT2D eigenvalue weighted by atomic mass is 19.1. The van der Waals surface area contributed by atoms with E-state index in [0.29, 0.717) is 5.56 Å². The number of nitrogens with one attached hydrogen (secondary N) is 1. The van der Waals surface area contributed by atoms with Crippen LogP contribution < -0.4 is 5.32 Å². The molecule has 1 unspecified atom stereocenters. The van der Waals surface area contributed by atoms with E-state index in [-0.39, 0.29) is 11.9 Å². The number of hydrogen-bond donors (Lipinski definition) is 1. The Bertz CT molecular complexity index is 525. The molecule has 2 rings (SSSR count). The van der Waals surface area contributed by atoms with Gasteiger partial charge in [0.2, 0.25) is 5.95 Å². The second-order valence-corrected chi connectivity index (χ2v) is 3.98. The summed E-state index contributed by atoms with van der Waals surface area (Å²) in [5.41, 5.74) is 1.36. The third kappa shape index (κ3) is 2.91. The molecule has 1 heterocycles. The Balaban J connectivity index is 2.06. The zero-order valence-electron chi connectivity index (χ0n) is 9.93. The van der Waals surface area contributed by atoms with Gasteiger partial charge in [0.25, 0.3) is 5.91 Å². The second-order valence-electron chi connectivity index (χ2n) is 3.98. The van der Waals surface area contributed by atoms with Gasteiger partial charge in [0, 0.05) is 6.20 Å². The smallest absolute Gasteiger partial charge is 0.253 e. The minimum atomic E-state index is -0.595. The van der Waals surface area contributed by atoms with Crippen molar-refractivity contribution in [2.24, 2.45) is 0 Å². The van der Waals surface area contributed by atoms with Gasteiger partial charge in [-0.05, 0) is 24.6 Å². The van der Waals surface area contributed by atoms with Gasteiger partial charge in [-0.2, -0.15) is 4.39 Å². The number of rotatable bonds is 3. The summed E-state index contributed by atoms with van der Waals surface area (Å²) < 4.78 is 12.6. The maximum Gasteiger partial charge on any atom is 0.253 e. The summed E-state index contributed by atoms with van der Waals surface area (Å²) in [6.07, 6.45) is 1.22. The molecule has 2 aromatic rings. The minimum Gasteiger partial charge on any atom is -0.345 e. The monoisotopic (exact) mass is 244 g/mol. The quantitative estimate of drug-likeness (QED) is 0.843. The van der Waals surface area contributed by atoms with E-state index < -0.39 is 5.95 Å². The Morgan fingerprint density at radius 2 is 1.94 bits per heavy atom. The van der Waals surface area contributed by atoms with Gasteiger partial charge >= 0.3 is 0 Å². The van der Waals surface area contributed by atoms with Crippen LogP contribution >= 0.6 is 0 Å². The molecule has 3 nitrogen and oxygen atoms in total. The highest BCUT2D eigenvalue weighted by molar-refractivity contribution is 5.94. The normalized spacial score (nSPS) is 11.9. The van der Waals surface area contributed by atoms with Crippen LogP contribution in [0.4, 0.5) is 4.39 Å². The number of hydrogen-bond acceptors (Lipinski definition) is 2. The van der Waals surface area contributed by atoms with Crippen molar-refractivity contribution in [1.82, 2.24) is 10.3 Å². The molecule has 0 saturated heterocycles. The Morgan fingerprint density at radius 1 is 1.22 bits per heavy atom. The van der Waals surface area contributed by atoms with Crippen LogP contribution in [0, 0.1) is 5.95 Å². The van der Waals surface area contributed by atoms with Crippen molar-refractivity contribution in [3.63, 3.8) is 0 Å². The molecule has 0 aliphatic carbocycles. The SMILES string of the molecule is CC(NC(=O)c1ccc(F)nc1)c1ccccc1. The van der Waals surface area contributed by atoms with Crippen LogP contribution in [0.1, 0.15) is 28.9 Å². The number of carbonyl (C=O) groups excluding carboxylic acids is 1. The maximum absolute atomic E-state index is 12.6. The van der Waals surface area contributed by atoms with E-state index >= 15 is 0 Å². The molecule has 0 saturated carbocycles. The predicted molar refractivity (Wildman–Crippen MR) is 66.5 cm³/mol. The predicted octanol–water partition coefficient (Wildman–Crippen LogP) is 2.71. The fourth-order valence-electron chi connectivity index (χ4n) is 1.62. The lowest BCUT2D eigenvalue weighted by atomic mass is 10.1. The molecule has 0 spiro atoms. The van der Waals surface area contributed by atoms with Crippen molar-refractivity contribution in [1.29, 1.82) is 0 Å². The fourth-order valence-corrected chi connectivity index (χ4v) is 1.62. The minimum absolute atomic E-state index is 0.108. The Kier molecular flexibility index (Phi) is 3.67. The fraction of sp³-hybridized carbons (Fsp3) is 0.143. The molecule has 1 aromatic carbocycles. The van der Waals surface area contributed by atoms with Crippen molar-refractivity contribution in [3.8, 4) is 0 Å². The van der Waals surface area contributed by atoms with Crippen LogP contribution in [0.5, 0.6) is 0 Å². The van der Waals surface area contributed by atoms with Gasteiger partial charge in [-0.3, -0.25) is 4.79 Å². The van der Waals surface area contributed by atoms with Gasteiger partial charge < -0.3 is 5.32 Å². The van der Waals surface area contributed by atoms with E-state index in [9.17, 15) is 9.18 Å². The summed E-state index contributed by atoms with van der Waals surface area (Å²) in [6.45, 7) is 1.89. The second kappa shape index (κ2) is 5.40. The largest absolute Gasteiger partial charge is 0.345 e. The molecule has 1 aromatic heterocycles. The average Bonchev–Trinajstić information content (AvgIpc) is 2.40. The Hall–Kier alpha value is -2.23. The zero-order valence-corrected chi connectivity index (χ0v) is 9.93. The number of amides is 1. The molecule has 0 radical (unpaired) electrons. The van der Waals surface area contributed by atoms with Crippen molar-refractivity contribution >= 4 is 5.91 Å². The molecular weight excluding hydrogens is 231 g/mol. The first kappa shape index (κ1) is 12.2. The van der Waals surface area contributed by atoms with Gasteiger partial charge in [0.05, 0.1) is 11.6 Å². The van der Waals surface area contributed by atoms with Crippen LogP contribution in [0.25, 0.3) is 0 Å². The summed E-state index contributed by atoms with van der Waals surface area (Å²) in [5.74, 6) is -0.860. The Labute approximate surface area is 105 Å². The van der Waals surface area contributed by atoms with Crippen LogP contribution in [-0.4, -0.2) is 10.9 Å². The number of aromatic nitrogens is 1. The first-order chi connectivity index (χ1) is 8.66. The van der Waals surface area contributed by atoms with E-state index in [1.165, 1.54) is 18.3 Å². The Morgan fingerprint density at radius 3 is 2.56 bits per heavy atom. The zero-order chi connectivity index (χ0) is 13.0. The van der Waals surface area contributed by atoms with E-state index in [1.54, 1.807) is 0 Å². The third-order valence-corrected chi connectivity index (χ3v) is 2.64. The van der Waals surface area contributed by atoms with E-state index in [0.717, 1.165) is 5.56 Å². The number of halogens is 1. The first-order valence-corrected chi connectivity index (χ1v) is 5.64. The molecule has 0 bridgehead atoms. The maximum atomic E-state index is 12.6. The molecule has 18 heavy (non-hydrogen) atoms. The molecule has 0 aliphatic rings. The van der Waals surface area contributed by atoms with Gasteiger partial charge in [0.1, 0.15) is 0 Å². The molecule has 4 heteroatoms. The molecule has 1 N–H and O–H groups in total. The molecule has 1 atom stereocenters. The molecule has 92 valence electrons. The van der Waals surface area contributed by atoms with Crippen molar-refractivity contribution in [2.45, 2.75) is 13.0 Å². The number of nitrogens with zero attached hydrogens (tertiary/aromatic N) is 1. The molecule has 0 fully saturated rings. The van der Waals surface area contributed by atoms with Gasteiger partial charge in [-0.1, -0.05) is 30.3 Å². The van der Waals surface area contributed by atoms with Crippen molar-refractivity contribution in [3.05, 3.63) is 65.7 Å². The lowest BCUT2D eigenvalue weighted by molar-refractivity contribution is 0.0939. The van der Waals surface area contributed by atoms with E-state index in [1.807, 2.05) is 37.3 Å². The molecule has 0 aliphatic heterocycles. The van der Waals surface area contributed by atoms with E-state index in [2.05, 4.69) is 10.3 Å². The van der Waals surface area contributed by atoms with Gasteiger partial charge in [-0.25, -0.2) is 4.98 Å². The molecular formula is C14H13FN2O. The lowest BCUT2D eigenvalue weighted by Gasteiger charge is -2.14. The standard InChI is InChI=1S/C14H13FN2O/c1-10(11-5-3-2-4-6-11)17-14(18)12-7-8-13(15)16-9-12/h2-10H,1H3,(H,17,18). The number of carbonyl (C=O) groups is 1. The van der Waals surface area contributed by atoms with Crippen LogP contribution in [0.2, 0.25) is 0 Å². The van der Waals surface area contributed by atoms with Gasteiger partial charge in [0.15, 0.2) is 0 Å². The summed E-state index contributed by atoms with van der Waals surface area (Å²) in [6, 6.07) is 12.1. The highest BCUT2D eigenvalue weighted by Crippen LogP contribution is 2.12. The summed E-state index contributed by atoms with van der Waals surface area (Å²) in [7, 11) is 0. The average molecular weight is 244 g/mol. The third-order valence-electron chi connectivity index (χ3n) is 2.64. The highest BCUT2D eigenvalue weighted by Gasteiger charge is 2.11. The van der Waals surface area contributed by atoms with Crippen LogP contribution in [0.15, 0.2) is 48.7 Å². The summed E-state index contributed by atoms with van der Waals surface area (Å²) in [4.78, 5) is 15.3. The molecule has 1 amide bonds. The topological polar surface area (TPSA) is 42.0 Å². The van der Waals surface area contributed by atoms with Gasteiger partial charge in [-0.15, -0.1) is 0 Å². The van der Waals surface area contributed by atoms with Crippen LogP contribution in [0.3, 0.4) is 0 Å². The number of pyridine rings is 1. The first-order valence-electron chi connectivity index (χ1n) is 5.64. The number of benzene rings is 1. The van der Waals surface area contributed by atoms with E-state index in [4.69, 9.17) is 0 Å². The van der Waals surface area contributed by atoms with Crippen molar-refractivity contribution in [2.75, 3.05) is 0 Å². The van der Waals surface area contributed by atoms with Crippen molar-refractivity contribution < 1.29 is 9.18 Å².